The van der Waals surface area contributed by atoms with Crippen LogP contribution in [0.5, 0.6) is 0 Å². The zero-order chi connectivity index (χ0) is 16.0. The fourth-order valence-electron chi connectivity index (χ4n) is 1.71. The first-order chi connectivity index (χ1) is 9.85. The Labute approximate surface area is 133 Å². The Kier molecular flexibility index (Phi) is 6.63. The number of anilines is 1. The van der Waals surface area contributed by atoms with Crippen molar-refractivity contribution in [3.63, 3.8) is 0 Å². The molecule has 0 bridgehead atoms. The Morgan fingerprint density at radius 1 is 1.29 bits per heavy atom. The molecule has 21 heavy (non-hydrogen) atoms. The minimum Gasteiger partial charge on any atom is -0.462 e. The first-order valence-electron chi connectivity index (χ1n) is 6.60. The highest BCUT2D eigenvalue weighted by Gasteiger charge is 2.20. The zero-order valence-electron chi connectivity index (χ0n) is 12.2. The van der Waals surface area contributed by atoms with Gasteiger partial charge >= 0.3 is 16.2 Å². The second-order valence-corrected chi connectivity index (χ2v) is 6.63. The molecule has 1 rings (SSSR count). The van der Waals surface area contributed by atoms with Gasteiger partial charge in [-0.1, -0.05) is 13.8 Å². The Hall–Kier alpha value is -1.12. The summed E-state index contributed by atoms with van der Waals surface area (Å²) in [5.74, 6) is -0.448. The fraction of sp³-hybridized carbons (Fsp3) is 0.462. The average Bonchev–Trinajstić information content (AvgIpc) is 2.42. The smallest absolute Gasteiger partial charge is 0.338 e. The van der Waals surface area contributed by atoms with Gasteiger partial charge in [-0.2, -0.15) is 12.7 Å². The molecule has 0 saturated heterocycles. The van der Waals surface area contributed by atoms with Gasteiger partial charge < -0.3 is 4.74 Å². The number of carbonyl (C=O) groups excluding carboxylic acids is 1. The van der Waals surface area contributed by atoms with Crippen LogP contribution in [-0.4, -0.2) is 38.4 Å². The number of ether oxygens (including phenoxy) is 1. The Morgan fingerprint density at radius 3 is 2.38 bits per heavy atom. The zero-order valence-corrected chi connectivity index (χ0v) is 14.6. The van der Waals surface area contributed by atoms with E-state index in [1.165, 1.54) is 22.5 Å². The summed E-state index contributed by atoms with van der Waals surface area (Å²) in [4.78, 5) is 11.6. The summed E-state index contributed by atoms with van der Waals surface area (Å²) in [6.45, 7) is 6.30. The standard InChI is InChI=1S/C13H19BrN2O4S/c1-4-16(5-2)21(18,19)15-12-8-7-10(9-11(12)14)13(17)20-6-3/h7-9,15H,4-6H2,1-3H3. The highest BCUT2D eigenvalue weighted by molar-refractivity contribution is 9.10. The van der Waals surface area contributed by atoms with Crippen LogP contribution in [0.25, 0.3) is 0 Å². The van der Waals surface area contributed by atoms with E-state index in [9.17, 15) is 13.2 Å². The molecule has 1 N–H and O–H groups in total. The van der Waals surface area contributed by atoms with Gasteiger partial charge in [-0.25, -0.2) is 4.79 Å². The lowest BCUT2D eigenvalue weighted by Gasteiger charge is -2.20. The number of nitrogens with one attached hydrogen (secondary N) is 1. The molecule has 0 aliphatic rings. The van der Waals surface area contributed by atoms with Gasteiger partial charge in [0, 0.05) is 17.6 Å². The van der Waals surface area contributed by atoms with Crippen LogP contribution >= 0.6 is 15.9 Å². The predicted octanol–water partition coefficient (Wildman–Crippen LogP) is 2.62. The van der Waals surface area contributed by atoms with Crippen LogP contribution in [0, 0.1) is 0 Å². The summed E-state index contributed by atoms with van der Waals surface area (Å²) >= 11 is 3.26. The topological polar surface area (TPSA) is 75.7 Å². The second kappa shape index (κ2) is 7.77. The largest absolute Gasteiger partial charge is 0.462 e. The Balaban J connectivity index is 2.99. The maximum Gasteiger partial charge on any atom is 0.338 e. The van der Waals surface area contributed by atoms with Crippen LogP contribution in [0.3, 0.4) is 0 Å². The molecule has 0 aromatic heterocycles. The normalized spacial score (nSPS) is 11.5. The number of hydrogen-bond acceptors (Lipinski definition) is 4. The molecule has 1 aromatic rings. The summed E-state index contributed by atoms with van der Waals surface area (Å²) in [6, 6.07) is 4.57. The lowest BCUT2D eigenvalue weighted by molar-refractivity contribution is 0.0526. The van der Waals surface area contributed by atoms with E-state index in [-0.39, 0.29) is 6.61 Å². The molecule has 0 atom stereocenters. The van der Waals surface area contributed by atoms with Crippen molar-refractivity contribution in [2.75, 3.05) is 24.4 Å². The van der Waals surface area contributed by atoms with Gasteiger partial charge in [-0.15, -0.1) is 0 Å². The van der Waals surface area contributed by atoms with E-state index in [0.717, 1.165) is 0 Å². The van der Waals surface area contributed by atoms with E-state index in [1.54, 1.807) is 20.8 Å². The van der Waals surface area contributed by atoms with Crippen molar-refractivity contribution < 1.29 is 17.9 Å². The van der Waals surface area contributed by atoms with Crippen LogP contribution < -0.4 is 4.72 Å². The summed E-state index contributed by atoms with van der Waals surface area (Å²) < 4.78 is 33.4. The third-order valence-electron chi connectivity index (χ3n) is 2.76. The highest BCUT2D eigenvalue weighted by Crippen LogP contribution is 2.25. The number of hydrogen-bond donors (Lipinski definition) is 1. The van der Waals surface area contributed by atoms with Crippen molar-refractivity contribution in [3.05, 3.63) is 28.2 Å². The molecule has 0 fully saturated rings. The number of esters is 1. The van der Waals surface area contributed by atoms with Gasteiger partial charge in [0.05, 0.1) is 17.9 Å². The molecule has 0 spiro atoms. The summed E-state index contributed by atoms with van der Waals surface area (Å²) in [5.41, 5.74) is 0.726. The fourth-order valence-corrected chi connectivity index (χ4v) is 3.58. The van der Waals surface area contributed by atoms with Gasteiger partial charge in [-0.05, 0) is 41.1 Å². The van der Waals surface area contributed by atoms with Crippen LogP contribution in [-0.2, 0) is 14.9 Å². The maximum atomic E-state index is 12.1. The van der Waals surface area contributed by atoms with Crippen molar-refractivity contribution in [1.82, 2.24) is 4.31 Å². The molecule has 0 saturated carbocycles. The molecule has 0 amide bonds. The van der Waals surface area contributed by atoms with Crippen molar-refractivity contribution >= 4 is 37.8 Å². The number of carbonyl (C=O) groups is 1. The van der Waals surface area contributed by atoms with E-state index in [0.29, 0.717) is 28.8 Å². The van der Waals surface area contributed by atoms with E-state index < -0.39 is 16.2 Å². The first-order valence-corrected chi connectivity index (χ1v) is 8.83. The molecule has 0 aliphatic carbocycles. The number of rotatable bonds is 7. The minimum atomic E-state index is -3.60. The number of benzene rings is 1. The number of nitrogens with zero attached hydrogens (tertiary/aromatic N) is 1. The first kappa shape index (κ1) is 17.9. The molecule has 0 unspecified atom stereocenters. The average molecular weight is 379 g/mol. The van der Waals surface area contributed by atoms with Crippen LogP contribution in [0.4, 0.5) is 5.69 Å². The third kappa shape index (κ3) is 4.69. The molecule has 6 nitrogen and oxygen atoms in total. The Morgan fingerprint density at radius 2 is 1.90 bits per heavy atom. The van der Waals surface area contributed by atoms with Crippen molar-refractivity contribution in [2.24, 2.45) is 0 Å². The molecule has 0 aliphatic heterocycles. The van der Waals surface area contributed by atoms with E-state index >= 15 is 0 Å². The highest BCUT2D eigenvalue weighted by atomic mass is 79.9. The number of halogens is 1. The molecule has 0 heterocycles. The molecule has 1 aromatic carbocycles. The molecule has 0 radical (unpaired) electrons. The van der Waals surface area contributed by atoms with Gasteiger partial charge in [-0.3, -0.25) is 4.72 Å². The Bertz CT molecular complexity index is 600. The summed E-state index contributed by atoms with van der Waals surface area (Å²) in [5, 5.41) is 0. The summed E-state index contributed by atoms with van der Waals surface area (Å²) in [7, 11) is -3.60. The van der Waals surface area contributed by atoms with Crippen molar-refractivity contribution in [2.45, 2.75) is 20.8 Å². The van der Waals surface area contributed by atoms with Gasteiger partial charge in [0.2, 0.25) is 0 Å². The van der Waals surface area contributed by atoms with Gasteiger partial charge in [0.1, 0.15) is 0 Å². The van der Waals surface area contributed by atoms with E-state index in [1.807, 2.05) is 0 Å². The van der Waals surface area contributed by atoms with Gasteiger partial charge in [0.15, 0.2) is 0 Å². The lowest BCUT2D eigenvalue weighted by Crippen LogP contribution is -2.35. The SMILES string of the molecule is CCOC(=O)c1ccc(NS(=O)(=O)N(CC)CC)c(Br)c1. The van der Waals surface area contributed by atoms with Gasteiger partial charge in [0.25, 0.3) is 0 Å². The van der Waals surface area contributed by atoms with Crippen LogP contribution in [0.15, 0.2) is 22.7 Å². The van der Waals surface area contributed by atoms with Crippen LogP contribution in [0.1, 0.15) is 31.1 Å². The van der Waals surface area contributed by atoms with Crippen molar-refractivity contribution in [1.29, 1.82) is 0 Å². The van der Waals surface area contributed by atoms with Crippen LogP contribution in [0.2, 0.25) is 0 Å². The monoisotopic (exact) mass is 378 g/mol. The second-order valence-electron chi connectivity index (χ2n) is 4.11. The lowest BCUT2D eigenvalue weighted by atomic mass is 10.2. The summed E-state index contributed by atoms with van der Waals surface area (Å²) in [6.07, 6.45) is 0. The van der Waals surface area contributed by atoms with E-state index in [2.05, 4.69) is 20.7 Å². The quantitative estimate of drug-likeness (QED) is 0.739. The molecular weight excluding hydrogens is 360 g/mol. The van der Waals surface area contributed by atoms with Crippen molar-refractivity contribution in [3.8, 4) is 0 Å². The maximum absolute atomic E-state index is 12.1. The minimum absolute atomic E-state index is 0.285. The third-order valence-corrected chi connectivity index (χ3v) is 5.09. The molecule has 8 heteroatoms. The molecular formula is C13H19BrN2O4S. The molecule has 118 valence electrons. The predicted molar refractivity (Wildman–Crippen MR) is 85.6 cm³/mol. The van der Waals surface area contributed by atoms with E-state index in [4.69, 9.17) is 4.74 Å².